The molecule has 2 fully saturated rings. The summed E-state index contributed by atoms with van der Waals surface area (Å²) < 4.78 is 0. The van der Waals surface area contributed by atoms with Crippen molar-refractivity contribution in [3.05, 3.63) is 29.8 Å². The number of aliphatic hydroxyl groups excluding tert-OH is 1. The van der Waals surface area contributed by atoms with E-state index in [4.69, 9.17) is 5.26 Å². The minimum atomic E-state index is -0.903. The Labute approximate surface area is 160 Å². The van der Waals surface area contributed by atoms with Gasteiger partial charge in [-0.1, -0.05) is 13.8 Å². The molecule has 2 heterocycles. The lowest BCUT2D eigenvalue weighted by molar-refractivity contribution is -0.167. The van der Waals surface area contributed by atoms with Gasteiger partial charge >= 0.3 is 6.09 Å². The van der Waals surface area contributed by atoms with E-state index in [1.807, 2.05) is 26.0 Å². The molecule has 3 rings (SSSR count). The zero-order valence-corrected chi connectivity index (χ0v) is 16.0. The van der Waals surface area contributed by atoms with Crippen molar-refractivity contribution in [2.45, 2.75) is 26.4 Å². The lowest BCUT2D eigenvalue weighted by Gasteiger charge is -2.59. The number of benzene rings is 1. The molecule has 2 aliphatic heterocycles. The van der Waals surface area contributed by atoms with E-state index in [2.05, 4.69) is 16.3 Å². The molecule has 0 saturated carbocycles. The Hall–Kier alpha value is -2.30. The number of carbonyl (C=O) groups is 1. The van der Waals surface area contributed by atoms with E-state index in [1.54, 1.807) is 12.1 Å². The summed E-state index contributed by atoms with van der Waals surface area (Å²) in [4.78, 5) is 15.3. The van der Waals surface area contributed by atoms with E-state index in [-0.39, 0.29) is 0 Å². The van der Waals surface area contributed by atoms with Gasteiger partial charge in [0.1, 0.15) is 0 Å². The minimum Gasteiger partial charge on any atom is -0.465 e. The molecule has 3 N–H and O–H groups in total. The number of hydrogen-bond donors (Lipinski definition) is 3. The van der Waals surface area contributed by atoms with E-state index in [9.17, 15) is 15.0 Å². The maximum atomic E-state index is 11.4. The predicted molar refractivity (Wildman–Crippen MR) is 103 cm³/mol. The number of nitriles is 1. The largest absolute Gasteiger partial charge is 0.465 e. The van der Waals surface area contributed by atoms with Crippen LogP contribution in [0.2, 0.25) is 0 Å². The average molecular weight is 372 g/mol. The smallest absolute Gasteiger partial charge is 0.407 e. The Bertz CT molecular complexity index is 710. The van der Waals surface area contributed by atoms with Gasteiger partial charge < -0.3 is 25.3 Å². The summed E-state index contributed by atoms with van der Waals surface area (Å²) in [6.45, 7) is 7.85. The van der Waals surface area contributed by atoms with Gasteiger partial charge in [-0.15, -0.1) is 0 Å². The second kappa shape index (κ2) is 7.37. The van der Waals surface area contributed by atoms with Gasteiger partial charge in [-0.25, -0.2) is 4.79 Å². The first-order chi connectivity index (χ1) is 12.8. The van der Waals surface area contributed by atoms with Gasteiger partial charge in [0, 0.05) is 49.2 Å². The van der Waals surface area contributed by atoms with Crippen LogP contribution in [0.4, 0.5) is 10.5 Å². The zero-order valence-electron chi connectivity index (χ0n) is 16.0. The molecule has 27 heavy (non-hydrogen) atoms. The zero-order chi connectivity index (χ0) is 19.7. The molecule has 0 aromatic heterocycles. The Morgan fingerprint density at radius 3 is 2.33 bits per heavy atom. The van der Waals surface area contributed by atoms with Crippen molar-refractivity contribution in [3.8, 4) is 6.07 Å². The van der Waals surface area contributed by atoms with Crippen LogP contribution < -0.4 is 5.32 Å². The van der Waals surface area contributed by atoms with E-state index >= 15 is 0 Å². The highest BCUT2D eigenvalue weighted by molar-refractivity contribution is 5.65. The van der Waals surface area contributed by atoms with Gasteiger partial charge in [0.2, 0.25) is 0 Å². The fourth-order valence-corrected chi connectivity index (χ4v) is 4.78. The lowest BCUT2D eigenvalue weighted by Crippen LogP contribution is -2.70. The molecular weight excluding hydrogens is 344 g/mol. The van der Waals surface area contributed by atoms with Crippen molar-refractivity contribution in [1.29, 1.82) is 5.26 Å². The summed E-state index contributed by atoms with van der Waals surface area (Å²) in [5.74, 6) is 0. The van der Waals surface area contributed by atoms with Gasteiger partial charge in [-0.05, 0) is 37.2 Å². The summed E-state index contributed by atoms with van der Waals surface area (Å²) in [7, 11) is 0. The summed E-state index contributed by atoms with van der Waals surface area (Å²) in [6, 6.07) is 9.51. The third-order valence-corrected chi connectivity index (χ3v) is 5.86. The summed E-state index contributed by atoms with van der Waals surface area (Å²) in [5.41, 5.74) is 0.765. The molecule has 1 aromatic carbocycles. The van der Waals surface area contributed by atoms with E-state index < -0.39 is 23.0 Å². The van der Waals surface area contributed by atoms with Crippen LogP contribution in [0.25, 0.3) is 0 Å². The number of nitrogens with zero attached hydrogens (tertiary/aromatic N) is 3. The van der Waals surface area contributed by atoms with Crippen LogP contribution in [0.15, 0.2) is 24.3 Å². The number of anilines is 1. The molecule has 146 valence electrons. The number of carboxylic acid groups (broad SMARTS) is 1. The van der Waals surface area contributed by atoms with Crippen molar-refractivity contribution in [2.75, 3.05) is 44.6 Å². The first-order valence-electron chi connectivity index (χ1n) is 9.38. The molecule has 1 aromatic rings. The van der Waals surface area contributed by atoms with Crippen molar-refractivity contribution in [3.63, 3.8) is 0 Å². The van der Waals surface area contributed by atoms with Crippen molar-refractivity contribution >= 4 is 11.8 Å². The first-order valence-corrected chi connectivity index (χ1v) is 9.38. The van der Waals surface area contributed by atoms with Gasteiger partial charge in [-0.3, -0.25) is 0 Å². The van der Waals surface area contributed by atoms with Crippen LogP contribution in [0.5, 0.6) is 0 Å². The highest BCUT2D eigenvalue weighted by Gasteiger charge is 2.56. The minimum absolute atomic E-state index is 0.374. The average Bonchev–Trinajstić information content (AvgIpc) is 2.62. The van der Waals surface area contributed by atoms with Gasteiger partial charge in [-0.2, -0.15) is 5.26 Å². The summed E-state index contributed by atoms with van der Waals surface area (Å²) >= 11 is 0. The molecule has 2 aliphatic rings. The number of piperidine rings is 2. The van der Waals surface area contributed by atoms with E-state index in [0.29, 0.717) is 31.7 Å². The SMILES string of the molecule is CC12CN(CCCNc3ccc(C#N)cc3)CC(C)(CN(C(=O)O)C1)C2O. The number of nitrogens with one attached hydrogen (secondary N) is 1. The molecule has 1 amide bonds. The fraction of sp³-hybridized carbons (Fsp3) is 0.600. The third-order valence-electron chi connectivity index (χ3n) is 5.86. The highest BCUT2D eigenvalue weighted by Crippen LogP contribution is 2.45. The van der Waals surface area contributed by atoms with Crippen molar-refractivity contribution < 1.29 is 15.0 Å². The number of fused-ring (bicyclic) bond motifs is 2. The topological polar surface area (TPSA) is 99.8 Å². The van der Waals surface area contributed by atoms with Crippen molar-refractivity contribution in [2.24, 2.45) is 10.8 Å². The second-order valence-corrected chi connectivity index (χ2v) is 8.53. The molecule has 0 spiro atoms. The van der Waals surface area contributed by atoms with Crippen LogP contribution in [-0.4, -0.2) is 71.5 Å². The number of aliphatic hydroxyl groups is 1. The van der Waals surface area contributed by atoms with E-state index in [1.165, 1.54) is 4.90 Å². The van der Waals surface area contributed by atoms with E-state index in [0.717, 1.165) is 25.2 Å². The van der Waals surface area contributed by atoms with Crippen LogP contribution in [0, 0.1) is 22.2 Å². The monoisotopic (exact) mass is 372 g/mol. The van der Waals surface area contributed by atoms with Crippen LogP contribution in [-0.2, 0) is 0 Å². The fourth-order valence-electron chi connectivity index (χ4n) is 4.78. The molecular formula is C20H28N4O3. The van der Waals surface area contributed by atoms with Gasteiger partial charge in [0.25, 0.3) is 0 Å². The number of likely N-dealkylation sites (tertiary alicyclic amines) is 2. The first kappa shape index (κ1) is 19.5. The quantitative estimate of drug-likeness (QED) is 0.684. The number of rotatable bonds is 5. The Balaban J connectivity index is 1.53. The molecule has 2 saturated heterocycles. The maximum absolute atomic E-state index is 11.4. The van der Waals surface area contributed by atoms with Crippen LogP contribution in [0.1, 0.15) is 25.8 Å². The Kier molecular flexibility index (Phi) is 5.31. The molecule has 2 unspecified atom stereocenters. The van der Waals surface area contributed by atoms with Crippen molar-refractivity contribution in [1.82, 2.24) is 9.80 Å². The molecule has 2 bridgehead atoms. The predicted octanol–water partition coefficient (Wildman–Crippen LogP) is 2.04. The molecule has 7 heteroatoms. The van der Waals surface area contributed by atoms with Gasteiger partial charge in [0.05, 0.1) is 17.7 Å². The Morgan fingerprint density at radius 2 is 1.81 bits per heavy atom. The number of amides is 1. The molecule has 2 atom stereocenters. The normalized spacial score (nSPS) is 30.6. The summed E-state index contributed by atoms with van der Waals surface area (Å²) in [5, 5.41) is 32.4. The van der Waals surface area contributed by atoms with Gasteiger partial charge in [0.15, 0.2) is 0 Å². The third kappa shape index (κ3) is 4.02. The molecule has 0 radical (unpaired) electrons. The molecule has 0 aliphatic carbocycles. The second-order valence-electron chi connectivity index (χ2n) is 8.53. The molecule has 7 nitrogen and oxygen atoms in total. The highest BCUT2D eigenvalue weighted by atomic mass is 16.4. The van der Waals surface area contributed by atoms with Crippen LogP contribution >= 0.6 is 0 Å². The maximum Gasteiger partial charge on any atom is 0.407 e. The number of hydrogen-bond acceptors (Lipinski definition) is 5. The van der Waals surface area contributed by atoms with Crippen LogP contribution in [0.3, 0.4) is 0 Å². The summed E-state index contributed by atoms with van der Waals surface area (Å²) in [6.07, 6.45) is -0.446. The Morgan fingerprint density at radius 1 is 1.22 bits per heavy atom. The lowest BCUT2D eigenvalue weighted by atomic mass is 9.63. The standard InChI is InChI=1S/C20H28N4O3/c1-19-11-23(9-3-8-22-16-6-4-15(10-21)5-7-16)12-20(2,17(19)25)14-24(13-19)18(26)27/h4-7,17,22,25H,3,8-9,11-14H2,1-2H3,(H,26,27).